The van der Waals surface area contributed by atoms with Crippen LogP contribution in [0, 0.1) is 17.8 Å². The number of carbonyl (C=O) groups is 1. The lowest BCUT2D eigenvalue weighted by molar-refractivity contribution is -0.139. The first kappa shape index (κ1) is 19.6. The number of hydrogen-bond acceptors (Lipinski definition) is 2. The molecule has 2 fully saturated rings. The molecule has 0 radical (unpaired) electrons. The van der Waals surface area contributed by atoms with E-state index in [0.717, 1.165) is 30.0 Å². The van der Waals surface area contributed by atoms with Crippen LogP contribution in [-0.2, 0) is 11.3 Å². The van der Waals surface area contributed by atoms with Crippen LogP contribution in [0.1, 0.15) is 44.6 Å². The van der Waals surface area contributed by atoms with Gasteiger partial charge in [-0.3, -0.25) is 4.79 Å². The molecule has 1 amide bonds. The number of halogens is 2. The Hall–Kier alpha value is -0.770. The smallest absolute Gasteiger partial charge is 0.225 e. The zero-order valence-electron chi connectivity index (χ0n) is 14.3. The summed E-state index contributed by atoms with van der Waals surface area (Å²) in [7, 11) is 0. The number of amides is 1. The fourth-order valence-electron chi connectivity index (χ4n) is 4.40. The summed E-state index contributed by atoms with van der Waals surface area (Å²) >= 11 is 5.94. The van der Waals surface area contributed by atoms with Gasteiger partial charge in [-0.25, -0.2) is 0 Å². The molecule has 3 rings (SSSR count). The third-order valence-electron chi connectivity index (χ3n) is 5.74. The maximum atomic E-state index is 13.0. The van der Waals surface area contributed by atoms with Gasteiger partial charge < -0.3 is 10.6 Å². The first-order chi connectivity index (χ1) is 11.1. The molecule has 2 atom stereocenters. The lowest BCUT2D eigenvalue weighted by Gasteiger charge is -2.44. The number of nitrogens with zero attached hydrogens (tertiary/aromatic N) is 1. The van der Waals surface area contributed by atoms with Crippen LogP contribution in [0.25, 0.3) is 0 Å². The highest BCUT2D eigenvalue weighted by molar-refractivity contribution is 6.30. The summed E-state index contributed by atoms with van der Waals surface area (Å²) in [6.07, 6.45) is 5.64. The highest BCUT2D eigenvalue weighted by Crippen LogP contribution is 2.42. The Kier molecular flexibility index (Phi) is 6.97. The van der Waals surface area contributed by atoms with Gasteiger partial charge in [0, 0.05) is 30.1 Å². The number of nitrogens with two attached hydrogens (primary N) is 1. The number of benzene rings is 1. The van der Waals surface area contributed by atoms with Gasteiger partial charge in [0.25, 0.3) is 0 Å². The van der Waals surface area contributed by atoms with Crippen LogP contribution in [0.2, 0.25) is 5.02 Å². The van der Waals surface area contributed by atoms with Gasteiger partial charge in [0.1, 0.15) is 0 Å². The van der Waals surface area contributed by atoms with Crippen LogP contribution in [0.4, 0.5) is 0 Å². The second-order valence-electron chi connectivity index (χ2n) is 7.18. The predicted octanol–water partition coefficient (Wildman–Crippen LogP) is 4.26. The molecule has 0 heterocycles. The van der Waals surface area contributed by atoms with E-state index in [4.69, 9.17) is 17.3 Å². The van der Waals surface area contributed by atoms with E-state index in [1.54, 1.807) is 0 Å². The monoisotopic (exact) mass is 370 g/mol. The van der Waals surface area contributed by atoms with Gasteiger partial charge in [0.05, 0.1) is 0 Å². The number of hydrogen-bond donors (Lipinski definition) is 1. The molecule has 2 bridgehead atoms. The van der Waals surface area contributed by atoms with E-state index in [0.29, 0.717) is 30.3 Å². The Morgan fingerprint density at radius 3 is 2.33 bits per heavy atom. The SMILES string of the molecule is CCN(Cc1ccc(Cl)cc1)C(=O)C1CC2CCCC(C1)C2N.Cl. The fraction of sp³-hybridized carbons (Fsp3) is 0.632. The Balaban J connectivity index is 0.00000208. The second kappa shape index (κ2) is 8.55. The van der Waals surface area contributed by atoms with Gasteiger partial charge in [-0.1, -0.05) is 30.2 Å². The van der Waals surface area contributed by atoms with Crippen molar-refractivity contribution in [2.75, 3.05) is 6.54 Å². The minimum absolute atomic E-state index is 0. The summed E-state index contributed by atoms with van der Waals surface area (Å²) in [5.74, 6) is 1.57. The molecular formula is C19H28Cl2N2O. The van der Waals surface area contributed by atoms with Crippen molar-refractivity contribution in [2.24, 2.45) is 23.5 Å². The van der Waals surface area contributed by atoms with Crippen LogP contribution in [0.15, 0.2) is 24.3 Å². The first-order valence-electron chi connectivity index (χ1n) is 8.87. The molecule has 2 N–H and O–H groups in total. The normalized spacial score (nSPS) is 28.8. The van der Waals surface area contributed by atoms with Crippen molar-refractivity contribution >= 4 is 29.9 Å². The molecule has 1 aromatic carbocycles. The molecule has 1 aromatic rings. The van der Waals surface area contributed by atoms with Crippen molar-refractivity contribution in [3.05, 3.63) is 34.9 Å². The minimum atomic E-state index is 0. The van der Waals surface area contributed by atoms with Crippen LogP contribution in [0.3, 0.4) is 0 Å². The zero-order chi connectivity index (χ0) is 16.4. The van der Waals surface area contributed by atoms with E-state index >= 15 is 0 Å². The van der Waals surface area contributed by atoms with Crippen LogP contribution < -0.4 is 5.73 Å². The van der Waals surface area contributed by atoms with Gasteiger partial charge in [-0.15, -0.1) is 12.4 Å². The van der Waals surface area contributed by atoms with Crippen molar-refractivity contribution in [2.45, 2.75) is 51.6 Å². The lowest BCUT2D eigenvalue weighted by atomic mass is 9.65. The lowest BCUT2D eigenvalue weighted by Crippen LogP contribution is -2.49. The summed E-state index contributed by atoms with van der Waals surface area (Å²) in [4.78, 5) is 15.0. The van der Waals surface area contributed by atoms with E-state index in [-0.39, 0.29) is 18.3 Å². The van der Waals surface area contributed by atoms with E-state index in [9.17, 15) is 4.79 Å². The van der Waals surface area contributed by atoms with Crippen molar-refractivity contribution < 1.29 is 4.79 Å². The second-order valence-corrected chi connectivity index (χ2v) is 7.61. The maximum Gasteiger partial charge on any atom is 0.225 e. The Morgan fingerprint density at radius 1 is 1.21 bits per heavy atom. The molecule has 24 heavy (non-hydrogen) atoms. The summed E-state index contributed by atoms with van der Waals surface area (Å²) in [5.41, 5.74) is 7.49. The third kappa shape index (κ3) is 4.25. The topological polar surface area (TPSA) is 46.3 Å². The molecule has 2 unspecified atom stereocenters. The molecule has 0 saturated heterocycles. The number of fused-ring (bicyclic) bond motifs is 2. The summed E-state index contributed by atoms with van der Waals surface area (Å²) in [6, 6.07) is 8.10. The van der Waals surface area contributed by atoms with Crippen molar-refractivity contribution in [3.63, 3.8) is 0 Å². The van der Waals surface area contributed by atoms with E-state index in [1.165, 1.54) is 19.3 Å². The average Bonchev–Trinajstić information content (AvgIpc) is 2.53. The highest BCUT2D eigenvalue weighted by Gasteiger charge is 2.41. The van der Waals surface area contributed by atoms with Gasteiger partial charge >= 0.3 is 0 Å². The third-order valence-corrected chi connectivity index (χ3v) is 5.99. The van der Waals surface area contributed by atoms with Crippen LogP contribution in [-0.4, -0.2) is 23.4 Å². The summed E-state index contributed by atoms with van der Waals surface area (Å²) < 4.78 is 0. The van der Waals surface area contributed by atoms with Crippen LogP contribution >= 0.6 is 24.0 Å². The Morgan fingerprint density at radius 2 is 1.79 bits per heavy atom. The van der Waals surface area contributed by atoms with E-state index in [2.05, 4.69) is 6.92 Å². The molecule has 0 spiro atoms. The number of rotatable bonds is 4. The maximum absolute atomic E-state index is 13.0. The van der Waals surface area contributed by atoms with Gasteiger partial charge in [-0.2, -0.15) is 0 Å². The van der Waals surface area contributed by atoms with Crippen LogP contribution in [0.5, 0.6) is 0 Å². The molecule has 2 aliphatic carbocycles. The minimum Gasteiger partial charge on any atom is -0.338 e. The van der Waals surface area contributed by atoms with Gasteiger partial charge in [0.2, 0.25) is 5.91 Å². The predicted molar refractivity (Wildman–Crippen MR) is 101 cm³/mol. The van der Waals surface area contributed by atoms with Crippen molar-refractivity contribution in [3.8, 4) is 0 Å². The standard InChI is InChI=1S/C19H27ClN2O.ClH/c1-2-22(12-13-6-8-17(20)9-7-13)19(23)16-10-14-4-3-5-15(11-16)18(14)21;/h6-9,14-16,18H,2-5,10-12,21H2,1H3;1H. The fourth-order valence-corrected chi connectivity index (χ4v) is 4.53. The molecule has 0 aromatic heterocycles. The zero-order valence-corrected chi connectivity index (χ0v) is 15.9. The van der Waals surface area contributed by atoms with Gasteiger partial charge in [-0.05, 0) is 62.1 Å². The molecular weight excluding hydrogens is 343 g/mol. The Labute approximate surface area is 156 Å². The largest absolute Gasteiger partial charge is 0.338 e. The molecule has 5 heteroatoms. The van der Waals surface area contributed by atoms with Crippen molar-refractivity contribution in [1.82, 2.24) is 4.90 Å². The molecule has 0 aliphatic heterocycles. The average molecular weight is 371 g/mol. The molecule has 2 saturated carbocycles. The number of carbonyl (C=O) groups excluding carboxylic acids is 1. The van der Waals surface area contributed by atoms with E-state index < -0.39 is 0 Å². The summed E-state index contributed by atoms with van der Waals surface area (Å²) in [5, 5.41) is 0.734. The van der Waals surface area contributed by atoms with E-state index in [1.807, 2.05) is 29.2 Å². The quantitative estimate of drug-likeness (QED) is 0.860. The molecule has 2 aliphatic rings. The molecule has 134 valence electrons. The Bertz CT molecular complexity index is 535. The highest BCUT2D eigenvalue weighted by atomic mass is 35.5. The first-order valence-corrected chi connectivity index (χ1v) is 9.25. The van der Waals surface area contributed by atoms with Gasteiger partial charge in [0.15, 0.2) is 0 Å². The van der Waals surface area contributed by atoms with Crippen molar-refractivity contribution in [1.29, 1.82) is 0 Å². The summed E-state index contributed by atoms with van der Waals surface area (Å²) in [6.45, 7) is 3.48. The molecule has 3 nitrogen and oxygen atoms in total.